The van der Waals surface area contributed by atoms with Crippen LogP contribution in [0.1, 0.15) is 27.9 Å². The molecule has 0 radical (unpaired) electrons. The van der Waals surface area contributed by atoms with Crippen LogP contribution >= 0.6 is 22.9 Å². The van der Waals surface area contributed by atoms with Crippen molar-refractivity contribution in [1.82, 2.24) is 14.6 Å². The number of halogens is 2. The Hall–Kier alpha value is -2.33. The molecule has 0 atom stereocenters. The fourth-order valence-corrected chi connectivity index (χ4v) is 6.03. The average molecular weight is 494 g/mol. The van der Waals surface area contributed by atoms with Gasteiger partial charge in [-0.15, -0.1) is 11.3 Å². The Balaban J connectivity index is 1.49. The number of sulfonamides is 1. The molecular formula is C22H21ClFN3O3S2. The lowest BCUT2D eigenvalue weighted by molar-refractivity contribution is -0.131. The molecule has 2 aromatic heterocycles. The number of fused-ring (bicyclic) bond motifs is 1. The molecule has 0 saturated heterocycles. The molecule has 168 valence electrons. The number of aromatic nitrogens is 1. The second-order valence-corrected chi connectivity index (χ2v) is 10.9. The summed E-state index contributed by atoms with van der Waals surface area (Å²) in [5, 5.41) is 1.95. The van der Waals surface area contributed by atoms with Crippen LogP contribution in [0.25, 0.3) is 0 Å². The third-order valence-electron chi connectivity index (χ3n) is 5.50. The minimum absolute atomic E-state index is 0.0845. The lowest BCUT2D eigenvalue weighted by Gasteiger charge is -2.30. The summed E-state index contributed by atoms with van der Waals surface area (Å²) in [6.07, 6.45) is 2.42. The lowest BCUT2D eigenvalue weighted by atomic mass is 9.94. The van der Waals surface area contributed by atoms with E-state index in [0.29, 0.717) is 25.1 Å². The van der Waals surface area contributed by atoms with E-state index in [0.717, 1.165) is 33.7 Å². The first-order chi connectivity index (χ1) is 15.2. The molecule has 1 aliphatic rings. The molecule has 0 unspecified atom stereocenters. The van der Waals surface area contributed by atoms with Crippen molar-refractivity contribution in [2.45, 2.75) is 37.1 Å². The first-order valence-corrected chi connectivity index (χ1v) is 12.7. The molecule has 0 spiro atoms. The summed E-state index contributed by atoms with van der Waals surface area (Å²) >= 11 is 7.23. The monoisotopic (exact) mass is 493 g/mol. The number of benzene rings is 1. The maximum absolute atomic E-state index is 13.3. The van der Waals surface area contributed by atoms with Crippen LogP contribution in [0.4, 0.5) is 4.39 Å². The minimum atomic E-state index is -3.59. The summed E-state index contributed by atoms with van der Waals surface area (Å²) in [5.74, 6) is -0.550. The number of carbonyl (C=O) groups excluding carboxylic acids is 1. The molecule has 0 aliphatic carbocycles. The van der Waals surface area contributed by atoms with Crippen LogP contribution in [0, 0.1) is 12.7 Å². The maximum Gasteiger partial charge on any atom is 0.250 e. The van der Waals surface area contributed by atoms with Gasteiger partial charge in [0.25, 0.3) is 0 Å². The van der Waals surface area contributed by atoms with Crippen LogP contribution in [0.5, 0.6) is 0 Å². The number of thiophene rings is 1. The average Bonchev–Trinajstić information content (AvgIpc) is 3.30. The van der Waals surface area contributed by atoms with Crippen LogP contribution in [0.15, 0.2) is 46.1 Å². The smallest absolute Gasteiger partial charge is 0.250 e. The maximum atomic E-state index is 13.3. The first kappa shape index (κ1) is 22.8. The molecule has 1 N–H and O–H groups in total. The van der Waals surface area contributed by atoms with Crippen LogP contribution in [0.3, 0.4) is 0 Å². The number of rotatable bonds is 6. The highest BCUT2D eigenvalue weighted by Crippen LogP contribution is 2.26. The van der Waals surface area contributed by atoms with Crippen molar-refractivity contribution in [2.24, 2.45) is 0 Å². The predicted octanol–water partition coefficient (Wildman–Crippen LogP) is 3.85. The highest BCUT2D eigenvalue weighted by molar-refractivity contribution is 7.91. The zero-order valence-corrected chi connectivity index (χ0v) is 19.7. The van der Waals surface area contributed by atoms with Gasteiger partial charge in [0.15, 0.2) is 0 Å². The summed E-state index contributed by atoms with van der Waals surface area (Å²) in [7, 11) is -3.59. The van der Waals surface area contributed by atoms with Gasteiger partial charge in [-0.05, 0) is 59.2 Å². The van der Waals surface area contributed by atoms with E-state index in [9.17, 15) is 17.6 Å². The molecule has 0 bridgehead atoms. The minimum Gasteiger partial charge on any atom is -0.338 e. The number of pyridine rings is 1. The topological polar surface area (TPSA) is 79.4 Å². The van der Waals surface area contributed by atoms with Crippen molar-refractivity contribution in [3.8, 4) is 0 Å². The van der Waals surface area contributed by atoms with Crippen molar-refractivity contribution in [1.29, 1.82) is 0 Å². The highest BCUT2D eigenvalue weighted by Gasteiger charge is 2.25. The number of nitrogens with one attached hydrogen (secondary N) is 1. The van der Waals surface area contributed by atoms with Gasteiger partial charge in [0.05, 0.1) is 6.42 Å². The van der Waals surface area contributed by atoms with Crippen LogP contribution in [-0.4, -0.2) is 30.8 Å². The highest BCUT2D eigenvalue weighted by atomic mass is 35.5. The third kappa shape index (κ3) is 4.85. The molecule has 3 heterocycles. The molecule has 4 rings (SSSR count). The fourth-order valence-electron chi connectivity index (χ4n) is 3.76. The molecule has 3 aromatic rings. The van der Waals surface area contributed by atoms with E-state index in [4.69, 9.17) is 11.6 Å². The molecular weight excluding hydrogens is 473 g/mol. The third-order valence-corrected chi connectivity index (χ3v) is 8.65. The van der Waals surface area contributed by atoms with Gasteiger partial charge in [0.2, 0.25) is 15.9 Å². The van der Waals surface area contributed by atoms with E-state index in [-0.39, 0.29) is 28.1 Å². The van der Waals surface area contributed by atoms with Gasteiger partial charge in [-0.25, -0.2) is 17.5 Å². The Morgan fingerprint density at radius 2 is 2.16 bits per heavy atom. The molecule has 0 saturated carbocycles. The second kappa shape index (κ2) is 9.27. The summed E-state index contributed by atoms with van der Waals surface area (Å²) in [5.41, 5.74) is 4.10. The van der Waals surface area contributed by atoms with Gasteiger partial charge >= 0.3 is 0 Å². The predicted molar refractivity (Wildman–Crippen MR) is 122 cm³/mol. The van der Waals surface area contributed by atoms with Gasteiger partial charge in [-0.3, -0.25) is 9.78 Å². The van der Waals surface area contributed by atoms with E-state index in [2.05, 4.69) is 9.71 Å². The lowest BCUT2D eigenvalue weighted by Crippen LogP contribution is -2.38. The Bertz CT molecular complexity index is 1260. The van der Waals surface area contributed by atoms with E-state index >= 15 is 0 Å². The van der Waals surface area contributed by atoms with Crippen LogP contribution in [-0.2, 0) is 40.7 Å². The first-order valence-electron chi connectivity index (χ1n) is 9.95. The summed E-state index contributed by atoms with van der Waals surface area (Å²) in [6, 6.07) is 7.27. The Morgan fingerprint density at radius 1 is 1.34 bits per heavy atom. The summed E-state index contributed by atoms with van der Waals surface area (Å²) < 4.78 is 41.2. The van der Waals surface area contributed by atoms with Crippen molar-refractivity contribution >= 4 is 38.9 Å². The van der Waals surface area contributed by atoms with Crippen LogP contribution in [0.2, 0.25) is 5.02 Å². The second-order valence-electron chi connectivity index (χ2n) is 7.56. The quantitative estimate of drug-likeness (QED) is 0.565. The fraction of sp³-hybridized carbons (Fsp3) is 0.273. The molecule has 6 nitrogen and oxygen atoms in total. The molecule has 0 fully saturated rings. The van der Waals surface area contributed by atoms with Gasteiger partial charge < -0.3 is 4.90 Å². The number of aryl methyl sites for hydroxylation is 1. The largest absolute Gasteiger partial charge is 0.338 e. The Morgan fingerprint density at radius 3 is 2.88 bits per heavy atom. The zero-order chi connectivity index (χ0) is 22.9. The standard InChI is InChI=1S/C22H21ClFN3O3S2/c1-14-19(12-26-32(29,30)22-3-2-8-31-22)18-6-7-27(13-16(18)11-25-14)21(28)9-15-4-5-17(24)10-20(15)23/h2-5,8,10-11,26H,6-7,9,12-13H2,1H3. The molecule has 1 amide bonds. The van der Waals surface area contributed by atoms with Gasteiger partial charge in [-0.1, -0.05) is 23.7 Å². The van der Waals surface area contributed by atoms with E-state index in [1.807, 2.05) is 6.92 Å². The number of hydrogen-bond acceptors (Lipinski definition) is 5. The molecule has 1 aromatic carbocycles. The van der Waals surface area contributed by atoms with E-state index in [1.54, 1.807) is 28.6 Å². The zero-order valence-electron chi connectivity index (χ0n) is 17.3. The van der Waals surface area contributed by atoms with Gasteiger partial charge in [-0.2, -0.15) is 0 Å². The normalized spacial score (nSPS) is 13.8. The number of amides is 1. The Kier molecular flexibility index (Phi) is 6.62. The van der Waals surface area contributed by atoms with Gasteiger partial charge in [0.1, 0.15) is 10.0 Å². The van der Waals surface area contributed by atoms with Crippen molar-refractivity contribution in [2.75, 3.05) is 6.54 Å². The van der Waals surface area contributed by atoms with Gasteiger partial charge in [0, 0.05) is 36.5 Å². The molecule has 32 heavy (non-hydrogen) atoms. The van der Waals surface area contributed by atoms with Crippen LogP contribution < -0.4 is 4.72 Å². The van der Waals surface area contributed by atoms with E-state index < -0.39 is 15.8 Å². The SMILES string of the molecule is Cc1ncc2c(c1CNS(=O)(=O)c1cccs1)CCN(C(=O)Cc1ccc(F)cc1Cl)C2. The molecule has 10 heteroatoms. The van der Waals surface area contributed by atoms with Crippen molar-refractivity contribution in [3.63, 3.8) is 0 Å². The Labute approximate surface area is 195 Å². The van der Waals surface area contributed by atoms with Crippen molar-refractivity contribution < 1.29 is 17.6 Å². The molecule has 1 aliphatic heterocycles. The van der Waals surface area contributed by atoms with Crippen molar-refractivity contribution in [3.05, 3.63) is 80.7 Å². The summed E-state index contributed by atoms with van der Waals surface area (Å²) in [4.78, 5) is 19.0. The summed E-state index contributed by atoms with van der Waals surface area (Å²) in [6.45, 7) is 2.87. The number of carbonyl (C=O) groups is 1. The van der Waals surface area contributed by atoms with E-state index in [1.165, 1.54) is 18.2 Å². The number of nitrogens with zero attached hydrogens (tertiary/aromatic N) is 2. The number of hydrogen-bond donors (Lipinski definition) is 1.